The van der Waals surface area contributed by atoms with Crippen LogP contribution in [0.15, 0.2) is 42.5 Å². The lowest BCUT2D eigenvalue weighted by atomic mass is 10.1. The van der Waals surface area contributed by atoms with E-state index in [1.54, 1.807) is 0 Å². The fraction of sp³-hybridized carbons (Fsp3) is 0.235. The van der Waals surface area contributed by atoms with Gasteiger partial charge in [0, 0.05) is 5.56 Å². The average molecular weight is 285 g/mol. The Labute approximate surface area is 124 Å². The Morgan fingerprint density at radius 3 is 2.57 bits per heavy atom. The van der Waals surface area contributed by atoms with Crippen molar-refractivity contribution >= 4 is 11.8 Å². The zero-order chi connectivity index (χ0) is 15.2. The molecule has 4 heteroatoms. The Morgan fingerprint density at radius 2 is 1.86 bits per heavy atom. The third kappa shape index (κ3) is 3.99. The maximum atomic E-state index is 11.3. The molecular weight excluding hydrogens is 266 g/mol. The Hall–Kier alpha value is -2.49. The Balaban J connectivity index is 2.09. The van der Waals surface area contributed by atoms with Crippen molar-refractivity contribution in [3.63, 3.8) is 0 Å². The van der Waals surface area contributed by atoms with Crippen LogP contribution in [0.4, 0.5) is 10.5 Å². The minimum atomic E-state index is -0.492. The fourth-order valence-corrected chi connectivity index (χ4v) is 1.89. The SMILES string of the molecule is COC(=O)Nc1ccccc1COc1ccc(C)c(C)c1. The molecule has 0 spiro atoms. The second-order valence-corrected chi connectivity index (χ2v) is 4.81. The van der Waals surface area contributed by atoms with E-state index in [4.69, 9.17) is 4.74 Å². The van der Waals surface area contributed by atoms with E-state index in [9.17, 15) is 4.79 Å². The maximum Gasteiger partial charge on any atom is 0.411 e. The molecule has 0 atom stereocenters. The molecule has 0 bridgehead atoms. The van der Waals surface area contributed by atoms with Gasteiger partial charge in [-0.05, 0) is 43.2 Å². The van der Waals surface area contributed by atoms with E-state index >= 15 is 0 Å². The highest BCUT2D eigenvalue weighted by molar-refractivity contribution is 5.85. The zero-order valence-corrected chi connectivity index (χ0v) is 12.5. The molecule has 0 fully saturated rings. The summed E-state index contributed by atoms with van der Waals surface area (Å²) in [4.78, 5) is 11.3. The molecule has 0 aromatic heterocycles. The smallest absolute Gasteiger partial charge is 0.411 e. The van der Waals surface area contributed by atoms with Gasteiger partial charge in [-0.2, -0.15) is 0 Å². The number of nitrogens with one attached hydrogen (secondary N) is 1. The molecule has 0 unspecified atom stereocenters. The van der Waals surface area contributed by atoms with E-state index in [1.165, 1.54) is 18.2 Å². The first-order valence-electron chi connectivity index (χ1n) is 6.73. The van der Waals surface area contributed by atoms with Crippen molar-refractivity contribution in [3.05, 3.63) is 59.2 Å². The molecule has 0 radical (unpaired) electrons. The van der Waals surface area contributed by atoms with Gasteiger partial charge in [-0.1, -0.05) is 24.3 Å². The van der Waals surface area contributed by atoms with Crippen molar-refractivity contribution in [2.45, 2.75) is 20.5 Å². The van der Waals surface area contributed by atoms with Crippen LogP contribution in [-0.4, -0.2) is 13.2 Å². The van der Waals surface area contributed by atoms with E-state index in [0.717, 1.165) is 11.3 Å². The van der Waals surface area contributed by atoms with Crippen LogP contribution >= 0.6 is 0 Å². The molecule has 0 heterocycles. The number of benzene rings is 2. The van der Waals surface area contributed by atoms with Gasteiger partial charge in [0.1, 0.15) is 12.4 Å². The molecule has 1 amide bonds. The minimum Gasteiger partial charge on any atom is -0.489 e. The summed E-state index contributed by atoms with van der Waals surface area (Å²) in [6.07, 6.45) is -0.492. The highest BCUT2D eigenvalue weighted by atomic mass is 16.5. The van der Waals surface area contributed by atoms with E-state index in [1.807, 2.05) is 42.5 Å². The van der Waals surface area contributed by atoms with Crippen LogP contribution in [0.25, 0.3) is 0 Å². The number of rotatable bonds is 4. The van der Waals surface area contributed by atoms with Crippen LogP contribution < -0.4 is 10.1 Å². The highest BCUT2D eigenvalue weighted by Crippen LogP contribution is 2.21. The van der Waals surface area contributed by atoms with Gasteiger partial charge >= 0.3 is 6.09 Å². The predicted molar refractivity (Wildman–Crippen MR) is 82.7 cm³/mol. The largest absolute Gasteiger partial charge is 0.489 e. The first-order valence-corrected chi connectivity index (χ1v) is 6.73. The number of para-hydroxylation sites is 1. The second kappa shape index (κ2) is 6.79. The van der Waals surface area contributed by atoms with Crippen molar-refractivity contribution in [1.82, 2.24) is 0 Å². The molecule has 0 saturated heterocycles. The summed E-state index contributed by atoms with van der Waals surface area (Å²) < 4.78 is 10.4. The van der Waals surface area contributed by atoms with Crippen molar-refractivity contribution in [1.29, 1.82) is 0 Å². The molecular formula is C17H19NO3. The molecule has 2 rings (SSSR count). The van der Waals surface area contributed by atoms with Crippen molar-refractivity contribution in [2.24, 2.45) is 0 Å². The summed E-state index contributed by atoms with van der Waals surface area (Å²) in [6, 6.07) is 13.5. The monoisotopic (exact) mass is 285 g/mol. The number of aryl methyl sites for hydroxylation is 2. The number of methoxy groups -OCH3 is 1. The number of ether oxygens (including phenoxy) is 2. The van der Waals surface area contributed by atoms with Crippen LogP contribution in [0.2, 0.25) is 0 Å². The summed E-state index contributed by atoms with van der Waals surface area (Å²) in [5.41, 5.74) is 4.00. The number of amides is 1. The Kier molecular flexibility index (Phi) is 4.82. The summed E-state index contributed by atoms with van der Waals surface area (Å²) in [5, 5.41) is 2.68. The van der Waals surface area contributed by atoms with Crippen LogP contribution in [0, 0.1) is 13.8 Å². The number of carbonyl (C=O) groups excluding carboxylic acids is 1. The molecule has 0 saturated carbocycles. The van der Waals surface area contributed by atoms with Gasteiger partial charge in [-0.3, -0.25) is 5.32 Å². The standard InChI is InChI=1S/C17H19NO3/c1-12-8-9-15(10-13(12)2)21-11-14-6-4-5-7-16(14)18-17(19)20-3/h4-10H,11H2,1-3H3,(H,18,19). The average Bonchev–Trinajstić information content (AvgIpc) is 2.49. The molecule has 0 aliphatic carbocycles. The molecule has 4 nitrogen and oxygen atoms in total. The van der Waals surface area contributed by atoms with Crippen LogP contribution in [0.1, 0.15) is 16.7 Å². The summed E-state index contributed by atoms with van der Waals surface area (Å²) in [6.45, 7) is 4.49. The van der Waals surface area contributed by atoms with E-state index in [2.05, 4.69) is 23.9 Å². The van der Waals surface area contributed by atoms with E-state index in [-0.39, 0.29) is 0 Å². The molecule has 2 aromatic rings. The van der Waals surface area contributed by atoms with Crippen molar-refractivity contribution in [3.8, 4) is 5.75 Å². The second-order valence-electron chi connectivity index (χ2n) is 4.81. The molecule has 1 N–H and O–H groups in total. The predicted octanol–water partition coefficient (Wildman–Crippen LogP) is 4.06. The first-order chi connectivity index (χ1) is 10.1. The van der Waals surface area contributed by atoms with Gasteiger partial charge < -0.3 is 9.47 Å². The number of carbonyl (C=O) groups is 1. The lowest BCUT2D eigenvalue weighted by Gasteiger charge is -2.12. The van der Waals surface area contributed by atoms with Crippen LogP contribution in [0.5, 0.6) is 5.75 Å². The first kappa shape index (κ1) is 14.9. The Bertz CT molecular complexity index is 638. The number of hydrogen-bond acceptors (Lipinski definition) is 3. The van der Waals surface area contributed by atoms with Gasteiger partial charge in [0.25, 0.3) is 0 Å². The van der Waals surface area contributed by atoms with Gasteiger partial charge in [0.2, 0.25) is 0 Å². The third-order valence-corrected chi connectivity index (χ3v) is 3.31. The minimum absolute atomic E-state index is 0.378. The number of anilines is 1. The molecule has 110 valence electrons. The van der Waals surface area contributed by atoms with Crippen LogP contribution in [-0.2, 0) is 11.3 Å². The quantitative estimate of drug-likeness (QED) is 0.921. The zero-order valence-electron chi connectivity index (χ0n) is 12.5. The van der Waals surface area contributed by atoms with E-state index in [0.29, 0.717) is 12.3 Å². The fourth-order valence-electron chi connectivity index (χ4n) is 1.89. The molecule has 21 heavy (non-hydrogen) atoms. The lowest BCUT2D eigenvalue weighted by Crippen LogP contribution is -2.13. The van der Waals surface area contributed by atoms with Crippen molar-refractivity contribution in [2.75, 3.05) is 12.4 Å². The third-order valence-electron chi connectivity index (χ3n) is 3.31. The van der Waals surface area contributed by atoms with Crippen LogP contribution in [0.3, 0.4) is 0 Å². The molecule has 2 aromatic carbocycles. The van der Waals surface area contributed by atoms with Crippen molar-refractivity contribution < 1.29 is 14.3 Å². The summed E-state index contributed by atoms with van der Waals surface area (Å²) >= 11 is 0. The van der Waals surface area contributed by atoms with Gasteiger partial charge in [-0.15, -0.1) is 0 Å². The topological polar surface area (TPSA) is 47.6 Å². The molecule has 0 aliphatic heterocycles. The van der Waals surface area contributed by atoms with Gasteiger partial charge in [-0.25, -0.2) is 4.79 Å². The van der Waals surface area contributed by atoms with E-state index < -0.39 is 6.09 Å². The summed E-state index contributed by atoms with van der Waals surface area (Å²) in [7, 11) is 1.34. The normalized spacial score (nSPS) is 10.0. The molecule has 0 aliphatic rings. The maximum absolute atomic E-state index is 11.3. The lowest BCUT2D eigenvalue weighted by molar-refractivity contribution is 0.187. The number of hydrogen-bond donors (Lipinski definition) is 1. The Morgan fingerprint density at radius 1 is 1.10 bits per heavy atom. The van der Waals surface area contributed by atoms with Gasteiger partial charge in [0.05, 0.1) is 12.8 Å². The summed E-state index contributed by atoms with van der Waals surface area (Å²) in [5.74, 6) is 0.811. The highest BCUT2D eigenvalue weighted by Gasteiger charge is 2.07. The van der Waals surface area contributed by atoms with Gasteiger partial charge in [0.15, 0.2) is 0 Å².